The number of hydrogen-bond acceptors (Lipinski definition) is 3. The fraction of sp³-hybridized carbons (Fsp3) is 0.714. The van der Waals surface area contributed by atoms with Crippen LogP contribution in [-0.4, -0.2) is 17.7 Å². The van der Waals surface area contributed by atoms with Gasteiger partial charge in [0.15, 0.2) is 0 Å². The number of thiophene rings is 1. The van der Waals surface area contributed by atoms with Gasteiger partial charge in [-0.15, -0.1) is 11.3 Å². The molecule has 0 amide bonds. The Morgan fingerprint density at radius 3 is 2.47 bits per heavy atom. The van der Waals surface area contributed by atoms with Crippen LogP contribution in [0.1, 0.15) is 45.1 Å². The second kappa shape index (κ2) is 7.14. The fourth-order valence-electron chi connectivity index (χ4n) is 1.89. The van der Waals surface area contributed by atoms with E-state index in [-0.39, 0.29) is 12.1 Å². The number of hydrogen-bond donors (Lipinski definition) is 2. The van der Waals surface area contributed by atoms with Gasteiger partial charge in [0.25, 0.3) is 0 Å². The minimum absolute atomic E-state index is 0.146. The van der Waals surface area contributed by atoms with Crippen LogP contribution in [0.15, 0.2) is 17.5 Å². The molecule has 0 saturated heterocycles. The maximum Gasteiger partial charge on any atom is 0.104 e. The Labute approximate surface area is 109 Å². The molecular weight excluding hydrogens is 230 g/mol. The summed E-state index contributed by atoms with van der Waals surface area (Å²) in [7, 11) is 0. The highest BCUT2D eigenvalue weighted by Crippen LogP contribution is 2.25. The first kappa shape index (κ1) is 14.7. The van der Waals surface area contributed by atoms with Crippen molar-refractivity contribution in [3.8, 4) is 0 Å². The van der Waals surface area contributed by atoms with Gasteiger partial charge in [-0.25, -0.2) is 0 Å². The van der Waals surface area contributed by atoms with Gasteiger partial charge in [-0.05, 0) is 36.2 Å². The second-order valence-corrected chi connectivity index (χ2v) is 6.35. The first-order valence-corrected chi connectivity index (χ1v) is 7.35. The van der Waals surface area contributed by atoms with E-state index in [2.05, 4.69) is 33.0 Å². The first-order chi connectivity index (χ1) is 8.02. The maximum atomic E-state index is 10.4. The molecular formula is C14H25NOS. The predicted molar refractivity (Wildman–Crippen MR) is 75.4 cm³/mol. The van der Waals surface area contributed by atoms with Gasteiger partial charge in [-0.3, -0.25) is 0 Å². The van der Waals surface area contributed by atoms with Crippen molar-refractivity contribution in [3.05, 3.63) is 22.4 Å². The SMILES string of the molecule is CC(C)CCNC(C(C)C)C(O)c1cccs1. The van der Waals surface area contributed by atoms with Gasteiger partial charge in [0.2, 0.25) is 0 Å². The third kappa shape index (κ3) is 4.78. The maximum absolute atomic E-state index is 10.4. The van der Waals surface area contributed by atoms with Crippen LogP contribution in [0, 0.1) is 11.8 Å². The molecule has 3 heteroatoms. The molecule has 0 aliphatic carbocycles. The molecule has 1 aromatic heterocycles. The molecule has 0 fully saturated rings. The van der Waals surface area contributed by atoms with Crippen LogP contribution in [0.25, 0.3) is 0 Å². The molecule has 0 spiro atoms. The smallest absolute Gasteiger partial charge is 0.104 e. The molecule has 17 heavy (non-hydrogen) atoms. The lowest BCUT2D eigenvalue weighted by molar-refractivity contribution is 0.108. The van der Waals surface area contributed by atoms with Crippen molar-refractivity contribution in [3.63, 3.8) is 0 Å². The lowest BCUT2D eigenvalue weighted by Gasteiger charge is -2.27. The van der Waals surface area contributed by atoms with Crippen LogP contribution in [-0.2, 0) is 0 Å². The van der Waals surface area contributed by atoms with E-state index in [0.717, 1.165) is 17.8 Å². The van der Waals surface area contributed by atoms with Gasteiger partial charge in [-0.1, -0.05) is 33.8 Å². The third-order valence-corrected chi connectivity index (χ3v) is 3.94. The van der Waals surface area contributed by atoms with Crippen LogP contribution in [0.4, 0.5) is 0 Å². The molecule has 1 heterocycles. The van der Waals surface area contributed by atoms with Crippen LogP contribution in [0.5, 0.6) is 0 Å². The monoisotopic (exact) mass is 255 g/mol. The van der Waals surface area contributed by atoms with Gasteiger partial charge in [-0.2, -0.15) is 0 Å². The van der Waals surface area contributed by atoms with Crippen molar-refractivity contribution in [1.82, 2.24) is 5.32 Å². The van der Waals surface area contributed by atoms with E-state index >= 15 is 0 Å². The van der Waals surface area contributed by atoms with E-state index in [9.17, 15) is 5.11 Å². The van der Waals surface area contributed by atoms with Crippen LogP contribution < -0.4 is 5.32 Å². The van der Waals surface area contributed by atoms with Crippen molar-refractivity contribution in [2.75, 3.05) is 6.54 Å². The molecule has 0 aliphatic heterocycles. The molecule has 1 aromatic rings. The Kier molecular flexibility index (Phi) is 6.17. The zero-order valence-corrected chi connectivity index (χ0v) is 12.1. The highest BCUT2D eigenvalue weighted by molar-refractivity contribution is 7.10. The molecule has 0 aromatic carbocycles. The molecule has 2 nitrogen and oxygen atoms in total. The predicted octanol–water partition coefficient (Wildman–Crippen LogP) is 3.44. The molecule has 0 radical (unpaired) electrons. The Balaban J connectivity index is 2.53. The molecule has 0 saturated carbocycles. The molecule has 2 atom stereocenters. The summed E-state index contributed by atoms with van der Waals surface area (Å²) in [5.41, 5.74) is 0. The molecule has 1 rings (SSSR count). The third-order valence-electron chi connectivity index (χ3n) is 2.99. The van der Waals surface area contributed by atoms with E-state index in [4.69, 9.17) is 0 Å². The zero-order valence-electron chi connectivity index (χ0n) is 11.3. The standard InChI is InChI=1S/C14H25NOS/c1-10(2)7-8-15-13(11(3)4)14(16)12-6-5-9-17-12/h5-6,9-11,13-16H,7-8H2,1-4H3. The van der Waals surface area contributed by atoms with Crippen molar-refractivity contribution >= 4 is 11.3 Å². The van der Waals surface area contributed by atoms with Gasteiger partial charge in [0.1, 0.15) is 6.10 Å². The van der Waals surface area contributed by atoms with Crippen molar-refractivity contribution in [2.24, 2.45) is 11.8 Å². The number of aliphatic hydroxyl groups excluding tert-OH is 1. The van der Waals surface area contributed by atoms with Crippen molar-refractivity contribution < 1.29 is 5.11 Å². The van der Waals surface area contributed by atoms with Crippen molar-refractivity contribution in [1.29, 1.82) is 0 Å². The minimum Gasteiger partial charge on any atom is -0.386 e. The lowest BCUT2D eigenvalue weighted by Crippen LogP contribution is -2.39. The van der Waals surface area contributed by atoms with E-state index in [1.165, 1.54) is 0 Å². The number of aliphatic hydroxyl groups is 1. The first-order valence-electron chi connectivity index (χ1n) is 6.47. The van der Waals surface area contributed by atoms with E-state index in [0.29, 0.717) is 11.8 Å². The highest BCUT2D eigenvalue weighted by atomic mass is 32.1. The fourth-order valence-corrected chi connectivity index (χ4v) is 2.64. The van der Waals surface area contributed by atoms with Gasteiger partial charge in [0.05, 0.1) is 0 Å². The lowest BCUT2D eigenvalue weighted by atomic mass is 9.97. The van der Waals surface area contributed by atoms with Gasteiger partial charge in [0, 0.05) is 10.9 Å². The average molecular weight is 255 g/mol. The number of rotatable bonds is 7. The summed E-state index contributed by atoms with van der Waals surface area (Å²) >= 11 is 1.63. The molecule has 98 valence electrons. The molecule has 2 N–H and O–H groups in total. The van der Waals surface area contributed by atoms with Crippen LogP contribution >= 0.6 is 11.3 Å². The summed E-state index contributed by atoms with van der Waals surface area (Å²) in [6.45, 7) is 9.74. The Morgan fingerprint density at radius 1 is 1.29 bits per heavy atom. The average Bonchev–Trinajstić information content (AvgIpc) is 2.75. The summed E-state index contributed by atoms with van der Waals surface area (Å²) in [6, 6.07) is 4.15. The minimum atomic E-state index is -0.387. The summed E-state index contributed by atoms with van der Waals surface area (Å²) in [4.78, 5) is 1.06. The Hall–Kier alpha value is -0.380. The Morgan fingerprint density at radius 2 is 2.00 bits per heavy atom. The normalized spacial score (nSPS) is 15.5. The molecule has 0 aliphatic rings. The van der Waals surface area contributed by atoms with E-state index in [1.807, 2.05) is 17.5 Å². The van der Waals surface area contributed by atoms with Crippen LogP contribution in [0.3, 0.4) is 0 Å². The number of nitrogens with one attached hydrogen (secondary N) is 1. The largest absolute Gasteiger partial charge is 0.386 e. The summed E-state index contributed by atoms with van der Waals surface area (Å²) < 4.78 is 0. The second-order valence-electron chi connectivity index (χ2n) is 5.37. The topological polar surface area (TPSA) is 32.3 Å². The summed E-state index contributed by atoms with van der Waals surface area (Å²) in [5.74, 6) is 1.13. The molecule has 0 bridgehead atoms. The van der Waals surface area contributed by atoms with Gasteiger partial charge < -0.3 is 10.4 Å². The Bertz CT molecular complexity index is 295. The van der Waals surface area contributed by atoms with E-state index < -0.39 is 0 Å². The van der Waals surface area contributed by atoms with Crippen LogP contribution in [0.2, 0.25) is 0 Å². The summed E-state index contributed by atoms with van der Waals surface area (Å²) in [5, 5.41) is 15.9. The van der Waals surface area contributed by atoms with Crippen molar-refractivity contribution in [2.45, 2.75) is 46.3 Å². The molecule has 2 unspecified atom stereocenters. The highest BCUT2D eigenvalue weighted by Gasteiger charge is 2.24. The summed E-state index contributed by atoms with van der Waals surface area (Å²) in [6.07, 6.45) is 0.766. The van der Waals surface area contributed by atoms with E-state index in [1.54, 1.807) is 11.3 Å². The zero-order chi connectivity index (χ0) is 12.8. The quantitative estimate of drug-likeness (QED) is 0.782. The van der Waals surface area contributed by atoms with Gasteiger partial charge >= 0.3 is 0 Å².